The lowest BCUT2D eigenvalue weighted by Gasteiger charge is -2.16. The topological polar surface area (TPSA) is 64.1 Å². The van der Waals surface area contributed by atoms with Gasteiger partial charge in [0.1, 0.15) is 6.61 Å². The molecule has 0 bridgehead atoms. The summed E-state index contributed by atoms with van der Waals surface area (Å²) in [6.07, 6.45) is 0.766. The predicted molar refractivity (Wildman–Crippen MR) is 116 cm³/mol. The molecule has 0 amide bonds. The van der Waals surface area contributed by atoms with Crippen LogP contribution < -0.4 is 14.9 Å². The molecule has 0 saturated carbocycles. The summed E-state index contributed by atoms with van der Waals surface area (Å²) in [5, 5.41) is 7.65. The quantitative estimate of drug-likeness (QED) is 0.428. The number of H-pyrrole nitrogens is 1. The lowest BCUT2D eigenvalue weighted by molar-refractivity contribution is 0.282. The summed E-state index contributed by atoms with van der Waals surface area (Å²) in [4.78, 5) is 0. The van der Waals surface area contributed by atoms with Gasteiger partial charge in [-0.1, -0.05) is 36.7 Å². The van der Waals surface area contributed by atoms with Gasteiger partial charge >= 0.3 is 0 Å². The van der Waals surface area contributed by atoms with E-state index in [1.54, 1.807) is 11.8 Å². The maximum absolute atomic E-state index is 6.21. The number of aromatic nitrogens is 3. The van der Waals surface area contributed by atoms with Gasteiger partial charge in [0.2, 0.25) is 4.77 Å². The monoisotopic (exact) mass is 482 g/mol. The van der Waals surface area contributed by atoms with Gasteiger partial charge in [0, 0.05) is 17.0 Å². The average Bonchev–Trinajstić information content (AvgIpc) is 3.05. The van der Waals surface area contributed by atoms with Crippen LogP contribution in [0.25, 0.3) is 0 Å². The van der Waals surface area contributed by atoms with Crippen molar-refractivity contribution in [1.82, 2.24) is 14.9 Å². The Morgan fingerprint density at radius 3 is 2.82 bits per heavy atom. The Morgan fingerprint density at radius 1 is 1.32 bits per heavy atom. The van der Waals surface area contributed by atoms with Gasteiger partial charge in [0.25, 0.3) is 0 Å². The molecule has 0 aliphatic carbocycles. The normalized spacial score (nSPS) is 10.7. The van der Waals surface area contributed by atoms with Crippen molar-refractivity contribution >= 4 is 39.7 Å². The zero-order valence-electron chi connectivity index (χ0n) is 15.5. The Labute approximate surface area is 181 Å². The number of nitrogens with one attached hydrogen (secondary N) is 2. The summed E-state index contributed by atoms with van der Waals surface area (Å²) < 4.78 is 14.6. The van der Waals surface area contributed by atoms with E-state index in [1.165, 1.54) is 0 Å². The molecule has 2 N–H and O–H groups in total. The molecule has 0 aliphatic rings. The predicted octanol–water partition coefficient (Wildman–Crippen LogP) is 5.25. The minimum absolute atomic E-state index is 0.344. The molecule has 2 aromatic carbocycles. The van der Waals surface area contributed by atoms with Crippen LogP contribution in [0.4, 0.5) is 0 Å². The molecule has 6 nitrogen and oxygen atoms in total. The van der Waals surface area contributed by atoms with Crippen LogP contribution in [0.15, 0.2) is 40.9 Å². The molecule has 9 heteroatoms. The maximum atomic E-state index is 6.21. The molecule has 3 rings (SSSR count). The van der Waals surface area contributed by atoms with E-state index >= 15 is 0 Å². The molecule has 0 spiro atoms. The van der Waals surface area contributed by atoms with Gasteiger partial charge in [-0.25, -0.2) is 4.68 Å². The largest absolute Gasteiger partial charge is 0.493 e. The lowest BCUT2D eigenvalue weighted by atomic mass is 10.2. The molecule has 0 atom stereocenters. The number of aromatic amines is 1. The van der Waals surface area contributed by atoms with Gasteiger partial charge in [-0.05, 0) is 51.9 Å². The highest BCUT2D eigenvalue weighted by Crippen LogP contribution is 2.37. The van der Waals surface area contributed by atoms with Crippen LogP contribution in [0.5, 0.6) is 11.5 Å². The van der Waals surface area contributed by atoms with E-state index in [-0.39, 0.29) is 0 Å². The summed E-state index contributed by atoms with van der Waals surface area (Å²) in [6, 6.07) is 11.5. The van der Waals surface area contributed by atoms with Crippen molar-refractivity contribution < 1.29 is 9.47 Å². The molecular weight excluding hydrogens is 464 g/mol. The highest BCUT2D eigenvalue weighted by molar-refractivity contribution is 9.10. The van der Waals surface area contributed by atoms with Crippen molar-refractivity contribution in [1.29, 1.82) is 0 Å². The van der Waals surface area contributed by atoms with Crippen LogP contribution in [0.2, 0.25) is 5.02 Å². The number of methoxy groups -OCH3 is 1. The number of ether oxygens (including phenoxy) is 2. The Balaban J connectivity index is 1.76. The third kappa shape index (κ3) is 4.68. The van der Waals surface area contributed by atoms with Gasteiger partial charge in [-0.15, -0.1) is 0 Å². The Morgan fingerprint density at radius 2 is 2.11 bits per heavy atom. The first-order valence-electron chi connectivity index (χ1n) is 8.66. The van der Waals surface area contributed by atoms with Gasteiger partial charge in [-0.2, -0.15) is 5.10 Å². The fraction of sp³-hybridized carbons (Fsp3) is 0.263. The second-order valence-electron chi connectivity index (χ2n) is 5.96. The fourth-order valence-corrected chi connectivity index (χ4v) is 3.69. The second-order valence-corrected chi connectivity index (χ2v) is 7.61. The molecule has 0 radical (unpaired) electrons. The Bertz CT molecular complexity index is 1020. The second kappa shape index (κ2) is 9.45. The van der Waals surface area contributed by atoms with Gasteiger partial charge in [0.15, 0.2) is 17.3 Å². The van der Waals surface area contributed by atoms with Crippen LogP contribution in [0, 0.1) is 4.77 Å². The molecule has 1 heterocycles. The maximum Gasteiger partial charge on any atom is 0.214 e. The number of nitrogens with zero attached hydrogens (tertiary/aromatic N) is 2. The standard InChI is InChI=1S/C19H20BrClN4O2S/c1-3-17-23-24-19(28)25(17)22-10-12-8-14(20)18(16(9-12)26-2)27-11-13-6-4-5-7-15(13)21/h4-9,22H,3,10-11H2,1-2H3,(H,24,28). The summed E-state index contributed by atoms with van der Waals surface area (Å²) in [6.45, 7) is 2.91. The molecule has 1 aromatic heterocycles. The number of halogens is 2. The van der Waals surface area contributed by atoms with Gasteiger partial charge in [0.05, 0.1) is 18.1 Å². The summed E-state index contributed by atoms with van der Waals surface area (Å²) in [5.41, 5.74) is 5.18. The molecule has 3 aromatic rings. The summed E-state index contributed by atoms with van der Waals surface area (Å²) >= 11 is 15.0. The average molecular weight is 484 g/mol. The highest BCUT2D eigenvalue weighted by atomic mass is 79.9. The van der Waals surface area contributed by atoms with Crippen LogP contribution >= 0.6 is 39.7 Å². The molecule has 0 aliphatic heterocycles. The fourth-order valence-electron chi connectivity index (χ4n) is 2.68. The zero-order chi connectivity index (χ0) is 20.1. The third-order valence-corrected chi connectivity index (χ3v) is 5.35. The number of benzene rings is 2. The minimum atomic E-state index is 0.344. The van der Waals surface area contributed by atoms with E-state index in [4.69, 9.17) is 33.3 Å². The molecular formula is C19H20BrClN4O2S. The lowest BCUT2D eigenvalue weighted by Crippen LogP contribution is -2.17. The number of rotatable bonds is 8. The van der Waals surface area contributed by atoms with Crippen molar-refractivity contribution in [3.05, 3.63) is 67.6 Å². The van der Waals surface area contributed by atoms with E-state index in [2.05, 4.69) is 31.6 Å². The van der Waals surface area contributed by atoms with Crippen molar-refractivity contribution in [3.63, 3.8) is 0 Å². The Hall–Kier alpha value is -2.03. The molecule has 0 fully saturated rings. The number of hydrogen-bond acceptors (Lipinski definition) is 5. The van der Waals surface area contributed by atoms with Gasteiger partial charge in [-0.3, -0.25) is 5.10 Å². The van der Waals surface area contributed by atoms with Crippen LogP contribution in [0.3, 0.4) is 0 Å². The minimum Gasteiger partial charge on any atom is -0.493 e. The zero-order valence-corrected chi connectivity index (χ0v) is 18.6. The molecule has 148 valence electrons. The van der Waals surface area contributed by atoms with E-state index in [9.17, 15) is 0 Å². The molecule has 0 unspecified atom stereocenters. The Kier molecular flexibility index (Phi) is 6.98. The first-order chi connectivity index (χ1) is 13.5. The smallest absolute Gasteiger partial charge is 0.214 e. The SMILES string of the molecule is CCc1n[nH]c(=S)n1NCc1cc(Br)c(OCc2ccccc2Cl)c(OC)c1. The first-order valence-corrected chi connectivity index (χ1v) is 10.2. The van der Waals surface area contributed by atoms with Crippen molar-refractivity contribution in [3.8, 4) is 11.5 Å². The van der Waals surface area contributed by atoms with Gasteiger partial charge < -0.3 is 14.9 Å². The van der Waals surface area contributed by atoms with Crippen LogP contribution in [-0.4, -0.2) is 22.0 Å². The van der Waals surface area contributed by atoms with E-state index < -0.39 is 0 Å². The first kappa shape index (κ1) is 20.7. The third-order valence-electron chi connectivity index (χ3n) is 4.12. The van der Waals surface area contributed by atoms with E-state index in [1.807, 2.05) is 43.3 Å². The molecule has 28 heavy (non-hydrogen) atoms. The number of hydrogen-bond donors (Lipinski definition) is 2. The van der Waals surface area contributed by atoms with Crippen molar-refractivity contribution in [2.45, 2.75) is 26.5 Å². The van der Waals surface area contributed by atoms with E-state index in [0.29, 0.717) is 34.4 Å². The van der Waals surface area contributed by atoms with Crippen molar-refractivity contribution in [2.75, 3.05) is 12.5 Å². The van der Waals surface area contributed by atoms with E-state index in [0.717, 1.165) is 27.8 Å². The highest BCUT2D eigenvalue weighted by Gasteiger charge is 2.13. The molecule has 0 saturated heterocycles. The van der Waals surface area contributed by atoms with Crippen LogP contribution in [0.1, 0.15) is 23.9 Å². The van der Waals surface area contributed by atoms with Crippen LogP contribution in [-0.2, 0) is 19.6 Å². The summed E-state index contributed by atoms with van der Waals surface area (Å²) in [5.74, 6) is 2.10. The number of aryl methyl sites for hydroxylation is 1. The van der Waals surface area contributed by atoms with Crippen molar-refractivity contribution in [2.24, 2.45) is 0 Å². The summed E-state index contributed by atoms with van der Waals surface area (Å²) in [7, 11) is 1.61.